The highest BCUT2D eigenvalue weighted by Crippen LogP contribution is 2.24. The minimum Gasteiger partial charge on any atom is -0.369 e. The third-order valence-corrected chi connectivity index (χ3v) is 4.69. The molecule has 0 bridgehead atoms. The summed E-state index contributed by atoms with van der Waals surface area (Å²) in [6.45, 7) is 4.56. The first-order chi connectivity index (χ1) is 11.5. The Kier molecular flexibility index (Phi) is 6.79. The van der Waals surface area contributed by atoms with Crippen LogP contribution in [0.2, 0.25) is 0 Å². The van der Waals surface area contributed by atoms with Crippen molar-refractivity contribution in [1.82, 2.24) is 10.2 Å². The van der Waals surface area contributed by atoms with Gasteiger partial charge in [0.2, 0.25) is 11.8 Å². The Balaban J connectivity index is 2.01. The smallest absolute Gasteiger partial charge is 0.234 e. The van der Waals surface area contributed by atoms with E-state index in [-0.39, 0.29) is 42.9 Å². The number of nitrogens with two attached hydrogens (primary N) is 1. The van der Waals surface area contributed by atoms with Gasteiger partial charge in [-0.25, -0.2) is 0 Å². The molecule has 0 radical (unpaired) electrons. The van der Waals surface area contributed by atoms with Crippen LogP contribution in [0.25, 0.3) is 0 Å². The highest BCUT2D eigenvalue weighted by atomic mass is 16.2. The lowest BCUT2D eigenvalue weighted by Gasteiger charge is -2.29. The van der Waals surface area contributed by atoms with E-state index in [0.29, 0.717) is 0 Å². The van der Waals surface area contributed by atoms with E-state index >= 15 is 0 Å². The minimum absolute atomic E-state index is 0.0299. The number of nitrogens with one attached hydrogen (secondary N) is 1. The highest BCUT2D eigenvalue weighted by Gasteiger charge is 2.27. The van der Waals surface area contributed by atoms with E-state index in [2.05, 4.69) is 19.2 Å². The second-order valence-corrected chi connectivity index (χ2v) is 7.01. The van der Waals surface area contributed by atoms with Gasteiger partial charge in [-0.1, -0.05) is 57.0 Å². The van der Waals surface area contributed by atoms with Crippen molar-refractivity contribution in [2.75, 3.05) is 13.1 Å². The lowest BCUT2D eigenvalue weighted by molar-refractivity contribution is -0.125. The van der Waals surface area contributed by atoms with Crippen molar-refractivity contribution in [3.63, 3.8) is 0 Å². The van der Waals surface area contributed by atoms with Gasteiger partial charge < -0.3 is 11.1 Å². The number of hydrogen-bond donors (Lipinski definition) is 2. The fourth-order valence-electron chi connectivity index (χ4n) is 3.48. The van der Waals surface area contributed by atoms with Crippen molar-refractivity contribution in [3.05, 3.63) is 35.9 Å². The molecule has 0 spiro atoms. The Bertz CT molecular complexity index is 539. The Morgan fingerprint density at radius 3 is 2.33 bits per heavy atom. The number of nitrogens with zero attached hydrogens (tertiary/aromatic N) is 1. The first-order valence-corrected chi connectivity index (χ1v) is 8.84. The van der Waals surface area contributed by atoms with E-state index in [1.54, 1.807) is 0 Å². The SMILES string of the molecule is CC(C)[C@H](NC(=O)CN(CC(N)=O)C1CCCC1)c1ccccc1. The zero-order chi connectivity index (χ0) is 17.5. The summed E-state index contributed by atoms with van der Waals surface area (Å²) in [5, 5.41) is 3.13. The summed E-state index contributed by atoms with van der Waals surface area (Å²) in [4.78, 5) is 25.9. The molecule has 1 aromatic rings. The summed E-state index contributed by atoms with van der Waals surface area (Å²) < 4.78 is 0. The van der Waals surface area contributed by atoms with E-state index in [1.165, 1.54) is 0 Å². The second kappa shape index (κ2) is 8.83. The van der Waals surface area contributed by atoms with E-state index in [0.717, 1.165) is 31.2 Å². The topological polar surface area (TPSA) is 75.4 Å². The summed E-state index contributed by atoms with van der Waals surface area (Å²) in [5.74, 6) is -0.142. The highest BCUT2D eigenvalue weighted by molar-refractivity contribution is 5.80. The zero-order valence-corrected chi connectivity index (χ0v) is 14.7. The van der Waals surface area contributed by atoms with Crippen molar-refractivity contribution in [2.24, 2.45) is 11.7 Å². The average Bonchev–Trinajstić information content (AvgIpc) is 3.06. The molecule has 132 valence electrons. The number of benzene rings is 1. The standard InChI is InChI=1S/C19H29N3O2/c1-14(2)19(15-8-4-3-5-9-15)21-18(24)13-22(12-17(20)23)16-10-6-7-11-16/h3-5,8-9,14,16,19H,6-7,10-13H2,1-2H3,(H2,20,23)(H,21,24)/t19-/m0/s1. The van der Waals surface area contributed by atoms with Crippen molar-refractivity contribution in [1.29, 1.82) is 0 Å². The fraction of sp³-hybridized carbons (Fsp3) is 0.579. The maximum Gasteiger partial charge on any atom is 0.234 e. The van der Waals surface area contributed by atoms with Crippen LogP contribution in [-0.4, -0.2) is 35.8 Å². The molecule has 1 atom stereocenters. The maximum absolute atomic E-state index is 12.6. The molecule has 2 amide bonds. The average molecular weight is 331 g/mol. The Labute approximate surface area is 144 Å². The van der Waals surface area contributed by atoms with Crippen molar-refractivity contribution in [2.45, 2.75) is 51.6 Å². The van der Waals surface area contributed by atoms with Crippen LogP contribution in [0.3, 0.4) is 0 Å². The third kappa shape index (κ3) is 5.34. The molecule has 1 saturated carbocycles. The van der Waals surface area contributed by atoms with E-state index in [9.17, 15) is 9.59 Å². The molecule has 0 aliphatic heterocycles. The van der Waals surface area contributed by atoms with Gasteiger partial charge in [-0.15, -0.1) is 0 Å². The molecule has 24 heavy (non-hydrogen) atoms. The lowest BCUT2D eigenvalue weighted by atomic mass is 9.96. The van der Waals surface area contributed by atoms with Crippen LogP contribution < -0.4 is 11.1 Å². The van der Waals surface area contributed by atoms with E-state index < -0.39 is 0 Å². The number of hydrogen-bond acceptors (Lipinski definition) is 3. The molecule has 3 N–H and O–H groups in total. The molecule has 2 rings (SSSR count). The molecule has 1 aromatic carbocycles. The molecule has 5 nitrogen and oxygen atoms in total. The van der Waals surface area contributed by atoms with Crippen LogP contribution in [0.15, 0.2) is 30.3 Å². The molecule has 0 aromatic heterocycles. The summed E-state index contributed by atoms with van der Waals surface area (Å²) in [7, 11) is 0. The van der Waals surface area contributed by atoms with Crippen LogP contribution in [-0.2, 0) is 9.59 Å². The number of carbonyl (C=O) groups excluding carboxylic acids is 2. The van der Waals surface area contributed by atoms with Gasteiger partial charge >= 0.3 is 0 Å². The van der Waals surface area contributed by atoms with Crippen molar-refractivity contribution < 1.29 is 9.59 Å². The Hall–Kier alpha value is -1.88. The van der Waals surface area contributed by atoms with Crippen LogP contribution >= 0.6 is 0 Å². The largest absolute Gasteiger partial charge is 0.369 e. The quantitative estimate of drug-likeness (QED) is 0.767. The normalized spacial score (nSPS) is 16.5. The predicted molar refractivity (Wildman–Crippen MR) is 95.2 cm³/mol. The van der Waals surface area contributed by atoms with Gasteiger partial charge in [0.15, 0.2) is 0 Å². The first kappa shape index (κ1) is 18.5. The van der Waals surface area contributed by atoms with Crippen molar-refractivity contribution in [3.8, 4) is 0 Å². The molecule has 1 aliphatic rings. The van der Waals surface area contributed by atoms with E-state index in [4.69, 9.17) is 5.73 Å². The monoisotopic (exact) mass is 331 g/mol. The molecule has 0 heterocycles. The zero-order valence-electron chi connectivity index (χ0n) is 14.7. The minimum atomic E-state index is -0.377. The Morgan fingerprint density at radius 2 is 1.79 bits per heavy atom. The number of carbonyl (C=O) groups is 2. The summed E-state index contributed by atoms with van der Waals surface area (Å²) in [6.07, 6.45) is 4.38. The summed E-state index contributed by atoms with van der Waals surface area (Å²) in [5.41, 5.74) is 6.47. The van der Waals surface area contributed by atoms with Gasteiger partial charge in [0.05, 0.1) is 19.1 Å². The van der Waals surface area contributed by atoms with Gasteiger partial charge in [-0.3, -0.25) is 14.5 Å². The van der Waals surface area contributed by atoms with Crippen LogP contribution in [0, 0.1) is 5.92 Å². The molecule has 1 aliphatic carbocycles. The number of rotatable bonds is 8. The molecule has 0 unspecified atom stereocenters. The second-order valence-electron chi connectivity index (χ2n) is 7.01. The fourth-order valence-corrected chi connectivity index (χ4v) is 3.48. The van der Waals surface area contributed by atoms with Crippen LogP contribution in [0.5, 0.6) is 0 Å². The maximum atomic E-state index is 12.6. The molecule has 5 heteroatoms. The summed E-state index contributed by atoms with van der Waals surface area (Å²) >= 11 is 0. The third-order valence-electron chi connectivity index (χ3n) is 4.69. The molecule has 0 saturated heterocycles. The number of primary amides is 1. The number of amides is 2. The molecular weight excluding hydrogens is 302 g/mol. The van der Waals surface area contributed by atoms with E-state index in [1.807, 2.05) is 35.2 Å². The van der Waals surface area contributed by atoms with Gasteiger partial charge in [0.25, 0.3) is 0 Å². The van der Waals surface area contributed by atoms with Gasteiger partial charge in [0, 0.05) is 6.04 Å². The first-order valence-electron chi connectivity index (χ1n) is 8.84. The predicted octanol–water partition coefficient (Wildman–Crippen LogP) is 2.23. The van der Waals surface area contributed by atoms with Crippen molar-refractivity contribution >= 4 is 11.8 Å². The molecular formula is C19H29N3O2. The summed E-state index contributed by atoms with van der Waals surface area (Å²) in [6, 6.07) is 10.3. The lowest BCUT2D eigenvalue weighted by Crippen LogP contribution is -2.46. The van der Waals surface area contributed by atoms with Gasteiger partial charge in [-0.05, 0) is 24.3 Å². The van der Waals surface area contributed by atoms with Gasteiger partial charge in [0.1, 0.15) is 0 Å². The van der Waals surface area contributed by atoms with Gasteiger partial charge in [-0.2, -0.15) is 0 Å². The Morgan fingerprint density at radius 1 is 1.17 bits per heavy atom. The molecule has 1 fully saturated rings. The van der Waals surface area contributed by atoms with Crippen LogP contribution in [0.1, 0.15) is 51.1 Å². The van der Waals surface area contributed by atoms with Crippen LogP contribution in [0.4, 0.5) is 0 Å².